The molecule has 5 N–H and O–H groups in total. The highest BCUT2D eigenvalue weighted by Gasteiger charge is 1.99. The van der Waals surface area contributed by atoms with Crippen molar-refractivity contribution in [2.45, 2.75) is 0 Å². The van der Waals surface area contributed by atoms with E-state index < -0.39 is 11.7 Å². The number of benzene rings is 2. The van der Waals surface area contributed by atoms with Crippen LogP contribution in [0.5, 0.6) is 5.75 Å². The van der Waals surface area contributed by atoms with Gasteiger partial charge < -0.3 is 10.2 Å². The number of para-hydroxylation sites is 1. The van der Waals surface area contributed by atoms with E-state index in [1.807, 2.05) is 30.3 Å². The van der Waals surface area contributed by atoms with Gasteiger partial charge in [-0.15, -0.1) is 0 Å². The Morgan fingerprint density at radius 2 is 1.58 bits per heavy atom. The second kappa shape index (κ2) is 6.80. The van der Waals surface area contributed by atoms with Crippen LogP contribution in [0, 0.1) is 0 Å². The average Bonchev–Trinajstić information content (AvgIpc) is 2.40. The summed E-state index contributed by atoms with van der Waals surface area (Å²) in [7, 11) is 0. The van der Waals surface area contributed by atoms with E-state index in [1.54, 1.807) is 0 Å². The third kappa shape index (κ3) is 4.51. The summed E-state index contributed by atoms with van der Waals surface area (Å²) in [6.07, 6.45) is 0. The van der Waals surface area contributed by atoms with Gasteiger partial charge in [0.15, 0.2) is 0 Å². The van der Waals surface area contributed by atoms with E-state index in [1.165, 1.54) is 24.3 Å². The van der Waals surface area contributed by atoms with Gasteiger partial charge in [-0.3, -0.25) is 11.1 Å². The number of aromatic carboxylic acids is 1. The van der Waals surface area contributed by atoms with Crippen molar-refractivity contribution in [1.82, 2.24) is 0 Å². The van der Waals surface area contributed by atoms with E-state index in [-0.39, 0.29) is 5.56 Å². The molecule has 0 bridgehead atoms. The van der Waals surface area contributed by atoms with Crippen molar-refractivity contribution in [2.24, 2.45) is 5.73 Å². The fourth-order valence-electron chi connectivity index (χ4n) is 1.27. The molecule has 5 nitrogen and oxygen atoms in total. The van der Waals surface area contributed by atoms with Gasteiger partial charge in [-0.1, -0.05) is 42.1 Å². The molecule has 2 rings (SSSR count). The molecule has 0 aliphatic carbocycles. The first-order valence-electron chi connectivity index (χ1n) is 5.45. The fraction of sp³-hybridized carbons (Fsp3) is 0. The minimum Gasteiger partial charge on any atom is -0.872 e. The van der Waals surface area contributed by atoms with Crippen molar-refractivity contribution in [3.63, 3.8) is 0 Å². The molecule has 0 radical (unpaired) electrons. The Morgan fingerprint density at radius 1 is 1.05 bits per heavy atom. The largest absolute Gasteiger partial charge is 0.872 e. The van der Waals surface area contributed by atoms with E-state index in [2.05, 4.69) is 0 Å². The molecular weight excluding hydrogens is 244 g/mol. The normalized spacial score (nSPS) is 9.05. The van der Waals surface area contributed by atoms with E-state index in [4.69, 9.17) is 16.2 Å². The van der Waals surface area contributed by atoms with Crippen LogP contribution < -0.4 is 16.2 Å². The Balaban J connectivity index is 0.000000191. The Bertz CT molecular complexity index is 568. The first kappa shape index (κ1) is 14.2. The topological polar surface area (TPSA) is 112 Å². The van der Waals surface area contributed by atoms with E-state index in [9.17, 15) is 9.90 Å². The van der Waals surface area contributed by atoms with Crippen molar-refractivity contribution in [3.8, 4) is 5.75 Å². The van der Waals surface area contributed by atoms with Gasteiger partial charge in [0.2, 0.25) is 0 Å². The monoisotopic (exact) mass is 258 g/mol. The smallest absolute Gasteiger partial charge is 0.335 e. The van der Waals surface area contributed by atoms with Gasteiger partial charge in [-0.05, 0) is 18.2 Å². The van der Waals surface area contributed by atoms with Crippen LogP contribution in [-0.4, -0.2) is 16.9 Å². The summed E-state index contributed by atoms with van der Waals surface area (Å²) in [6, 6.07) is 15.0. The molecule has 0 fully saturated rings. The van der Waals surface area contributed by atoms with Gasteiger partial charge in [0, 0.05) is 0 Å². The van der Waals surface area contributed by atoms with E-state index in [0.29, 0.717) is 5.84 Å². The zero-order valence-corrected chi connectivity index (χ0v) is 10.1. The summed E-state index contributed by atoms with van der Waals surface area (Å²) in [5.74, 6) is -1.25. The van der Waals surface area contributed by atoms with Gasteiger partial charge in [-0.25, -0.2) is 4.79 Å². The predicted octanol–water partition coefficient (Wildman–Crippen LogP) is -0.391. The van der Waals surface area contributed by atoms with Crippen molar-refractivity contribution in [3.05, 3.63) is 65.7 Å². The maximum Gasteiger partial charge on any atom is 0.335 e. The van der Waals surface area contributed by atoms with Gasteiger partial charge in [-0.2, -0.15) is 0 Å². The maximum absolute atomic E-state index is 10.7. The summed E-state index contributed by atoms with van der Waals surface area (Å²) in [4.78, 5) is 10.2. The SMILES string of the molecule is NC(=[NH2+])c1ccccc1.O=C(O)c1ccccc1[O-]. The molecule has 0 unspecified atom stereocenters. The van der Waals surface area contributed by atoms with Crippen LogP contribution in [-0.2, 0) is 0 Å². The molecule has 19 heavy (non-hydrogen) atoms. The van der Waals surface area contributed by atoms with Crippen LogP contribution in [0.1, 0.15) is 15.9 Å². The molecule has 0 spiro atoms. The molecule has 0 atom stereocenters. The maximum atomic E-state index is 10.7. The zero-order chi connectivity index (χ0) is 14.3. The average molecular weight is 258 g/mol. The molecule has 0 saturated carbocycles. The van der Waals surface area contributed by atoms with Gasteiger partial charge >= 0.3 is 5.97 Å². The van der Waals surface area contributed by atoms with Gasteiger partial charge in [0.05, 0.1) is 11.1 Å². The van der Waals surface area contributed by atoms with E-state index >= 15 is 0 Å². The van der Waals surface area contributed by atoms with E-state index in [0.717, 1.165) is 5.56 Å². The number of hydrogen-bond acceptors (Lipinski definition) is 2. The van der Waals surface area contributed by atoms with Crippen LogP contribution >= 0.6 is 0 Å². The lowest BCUT2D eigenvalue weighted by Gasteiger charge is -2.07. The summed E-state index contributed by atoms with van der Waals surface area (Å²) in [5, 5.41) is 24.4. The number of amidine groups is 1. The first-order valence-corrected chi connectivity index (χ1v) is 5.45. The number of nitrogens with two attached hydrogens (primary N) is 2. The Labute approximate surface area is 110 Å². The lowest BCUT2D eigenvalue weighted by Crippen LogP contribution is -2.46. The zero-order valence-electron chi connectivity index (χ0n) is 10.1. The molecule has 2 aromatic carbocycles. The molecule has 0 aromatic heterocycles. The van der Waals surface area contributed by atoms with Crippen LogP contribution in [0.4, 0.5) is 0 Å². The summed E-state index contributed by atoms with van der Waals surface area (Å²) < 4.78 is 0. The third-order valence-electron chi connectivity index (χ3n) is 2.22. The molecule has 0 heterocycles. The third-order valence-corrected chi connectivity index (χ3v) is 2.22. The lowest BCUT2D eigenvalue weighted by atomic mass is 10.2. The number of carbonyl (C=O) groups is 1. The molecule has 0 aliphatic rings. The molecule has 0 aliphatic heterocycles. The number of carboxylic acid groups (broad SMARTS) is 1. The Kier molecular flexibility index (Phi) is 5.10. The lowest BCUT2D eigenvalue weighted by molar-refractivity contribution is -0.268. The molecular formula is C14H14N2O3. The van der Waals surface area contributed by atoms with Crippen LogP contribution in [0.3, 0.4) is 0 Å². The highest BCUT2D eigenvalue weighted by atomic mass is 16.4. The van der Waals surface area contributed by atoms with Crippen molar-refractivity contribution < 1.29 is 20.4 Å². The Morgan fingerprint density at radius 3 is 1.95 bits per heavy atom. The minimum atomic E-state index is -1.18. The highest BCUT2D eigenvalue weighted by Crippen LogP contribution is 2.10. The second-order valence-corrected chi connectivity index (χ2v) is 3.62. The Hall–Kier alpha value is -2.82. The fourth-order valence-corrected chi connectivity index (χ4v) is 1.27. The predicted molar refractivity (Wildman–Crippen MR) is 69.5 cm³/mol. The standard InChI is InChI=1S/C7H8N2.C7H6O3/c8-7(9)6-4-2-1-3-5-6;8-6-4-2-1-3-5(6)7(9)10/h1-5H,(H3,8,9);1-4,8H,(H,9,10). The summed E-state index contributed by atoms with van der Waals surface area (Å²) in [5.41, 5.74) is 6.02. The highest BCUT2D eigenvalue weighted by molar-refractivity contribution is 5.92. The molecule has 0 amide bonds. The van der Waals surface area contributed by atoms with Crippen molar-refractivity contribution in [2.75, 3.05) is 0 Å². The van der Waals surface area contributed by atoms with Crippen molar-refractivity contribution in [1.29, 1.82) is 0 Å². The second-order valence-electron chi connectivity index (χ2n) is 3.62. The van der Waals surface area contributed by atoms with Crippen LogP contribution in [0.25, 0.3) is 0 Å². The number of rotatable bonds is 2. The quantitative estimate of drug-likeness (QED) is 0.503. The van der Waals surface area contributed by atoms with Gasteiger partial charge in [0.1, 0.15) is 0 Å². The number of hydrogen-bond donors (Lipinski definition) is 3. The molecule has 98 valence electrons. The van der Waals surface area contributed by atoms with Gasteiger partial charge in [0.25, 0.3) is 5.84 Å². The summed E-state index contributed by atoms with van der Waals surface area (Å²) in [6.45, 7) is 0. The van der Waals surface area contributed by atoms with Crippen LogP contribution in [0.2, 0.25) is 0 Å². The van der Waals surface area contributed by atoms with Crippen LogP contribution in [0.15, 0.2) is 54.6 Å². The summed E-state index contributed by atoms with van der Waals surface area (Å²) >= 11 is 0. The number of carboxylic acids is 1. The van der Waals surface area contributed by atoms with Crippen molar-refractivity contribution >= 4 is 11.8 Å². The molecule has 2 aromatic rings. The first-order chi connectivity index (χ1) is 9.02. The molecule has 0 saturated heterocycles. The molecule has 5 heteroatoms. The minimum absolute atomic E-state index is 0.178.